The van der Waals surface area contributed by atoms with Crippen molar-refractivity contribution in [3.63, 3.8) is 0 Å². The van der Waals surface area contributed by atoms with Gasteiger partial charge in [0.05, 0.1) is 12.1 Å². The van der Waals surface area contributed by atoms with Gasteiger partial charge in [-0.05, 0) is 45.4 Å². The molecule has 0 aromatic carbocycles. The predicted molar refractivity (Wildman–Crippen MR) is 94.1 cm³/mol. The van der Waals surface area contributed by atoms with E-state index in [2.05, 4.69) is 32.4 Å². The summed E-state index contributed by atoms with van der Waals surface area (Å²) in [5.74, 6) is 3.06. The van der Waals surface area contributed by atoms with Crippen LogP contribution in [-0.2, 0) is 12.1 Å². The van der Waals surface area contributed by atoms with Gasteiger partial charge in [0.15, 0.2) is 0 Å². The third kappa shape index (κ3) is 2.60. The normalized spacial score (nSPS) is 23.0. The molecule has 3 aliphatic rings. The van der Waals surface area contributed by atoms with Gasteiger partial charge in [-0.1, -0.05) is 12.8 Å². The third-order valence-corrected chi connectivity index (χ3v) is 6.88. The van der Waals surface area contributed by atoms with Crippen LogP contribution in [0.4, 0.5) is 0 Å². The first-order valence-electron chi connectivity index (χ1n) is 9.36. The van der Waals surface area contributed by atoms with Crippen LogP contribution in [0.1, 0.15) is 85.7 Å². The van der Waals surface area contributed by atoms with E-state index < -0.39 is 0 Å². The van der Waals surface area contributed by atoms with Crippen molar-refractivity contribution in [1.82, 2.24) is 25.1 Å². The zero-order valence-electron chi connectivity index (χ0n) is 14.3. The highest BCUT2D eigenvalue weighted by molar-refractivity contribution is 7.09. The van der Waals surface area contributed by atoms with Gasteiger partial charge in [-0.15, -0.1) is 21.5 Å². The summed E-state index contributed by atoms with van der Waals surface area (Å²) < 4.78 is 2.46. The van der Waals surface area contributed by atoms with E-state index in [0.29, 0.717) is 12.0 Å². The van der Waals surface area contributed by atoms with Gasteiger partial charge in [0.2, 0.25) is 0 Å². The zero-order chi connectivity index (χ0) is 16.1. The summed E-state index contributed by atoms with van der Waals surface area (Å²) in [5, 5.41) is 16.4. The predicted octanol–water partition coefficient (Wildman–Crippen LogP) is 3.81. The molecule has 0 amide bonds. The maximum atomic E-state index is 4.80. The lowest BCUT2D eigenvalue weighted by atomic mass is 9.98. The number of nitrogens with zero attached hydrogens (tertiary/aromatic N) is 4. The van der Waals surface area contributed by atoms with E-state index in [0.717, 1.165) is 18.1 Å². The van der Waals surface area contributed by atoms with Crippen molar-refractivity contribution < 1.29 is 0 Å². The lowest BCUT2D eigenvalue weighted by Crippen LogP contribution is -2.40. The second-order valence-electron chi connectivity index (χ2n) is 7.79. The molecular formula is C18H25N5S. The molecular weight excluding hydrogens is 318 g/mol. The molecule has 0 bridgehead atoms. The largest absolute Gasteiger partial charge is 0.311 e. The average Bonchev–Trinajstić information content (AvgIpc) is 3.47. The molecule has 5 rings (SSSR count). The van der Waals surface area contributed by atoms with E-state index >= 15 is 0 Å². The minimum atomic E-state index is 0.0546. The highest BCUT2D eigenvalue weighted by Gasteiger charge is 2.40. The number of aryl methyl sites for hydroxylation is 1. The third-order valence-electron chi connectivity index (χ3n) is 5.72. The molecule has 128 valence electrons. The van der Waals surface area contributed by atoms with Crippen LogP contribution in [0.3, 0.4) is 0 Å². The zero-order valence-corrected chi connectivity index (χ0v) is 15.1. The SMILES string of the molecule is Cc1csc(C2(NCc3nnc(C4CC4)n3C3CC3)CCCC2)n1. The van der Waals surface area contributed by atoms with Gasteiger partial charge >= 0.3 is 0 Å². The maximum Gasteiger partial charge on any atom is 0.147 e. The molecule has 0 saturated heterocycles. The summed E-state index contributed by atoms with van der Waals surface area (Å²) >= 11 is 1.81. The lowest BCUT2D eigenvalue weighted by molar-refractivity contribution is 0.329. The second kappa shape index (κ2) is 5.63. The Balaban J connectivity index is 1.39. The highest BCUT2D eigenvalue weighted by atomic mass is 32.1. The van der Waals surface area contributed by atoms with Crippen molar-refractivity contribution in [3.05, 3.63) is 27.7 Å². The molecule has 5 nitrogen and oxygen atoms in total. The molecule has 0 aliphatic heterocycles. The fourth-order valence-electron chi connectivity index (χ4n) is 4.08. The maximum absolute atomic E-state index is 4.80. The smallest absolute Gasteiger partial charge is 0.147 e. The van der Waals surface area contributed by atoms with Gasteiger partial charge in [-0.3, -0.25) is 5.32 Å². The first kappa shape index (κ1) is 15.0. The first-order chi connectivity index (χ1) is 11.8. The van der Waals surface area contributed by atoms with Crippen LogP contribution >= 0.6 is 11.3 Å². The minimum Gasteiger partial charge on any atom is -0.311 e. The Hall–Kier alpha value is -1.27. The Labute approximate surface area is 146 Å². The summed E-state index contributed by atoms with van der Waals surface area (Å²) in [4.78, 5) is 4.80. The first-order valence-corrected chi connectivity index (χ1v) is 10.2. The van der Waals surface area contributed by atoms with Crippen molar-refractivity contribution in [2.24, 2.45) is 0 Å². The van der Waals surface area contributed by atoms with Gasteiger partial charge in [-0.25, -0.2) is 4.98 Å². The summed E-state index contributed by atoms with van der Waals surface area (Å²) in [6, 6.07) is 0.661. The Morgan fingerprint density at radius 1 is 1.21 bits per heavy atom. The molecule has 2 aromatic heterocycles. The molecule has 2 aromatic rings. The molecule has 0 unspecified atom stereocenters. The highest BCUT2D eigenvalue weighted by Crippen LogP contribution is 2.45. The molecule has 3 saturated carbocycles. The number of aromatic nitrogens is 4. The molecule has 3 aliphatic carbocycles. The molecule has 1 N–H and O–H groups in total. The molecule has 0 spiro atoms. The Morgan fingerprint density at radius 3 is 2.62 bits per heavy atom. The topological polar surface area (TPSA) is 55.6 Å². The van der Waals surface area contributed by atoms with Crippen LogP contribution in [0.2, 0.25) is 0 Å². The van der Waals surface area contributed by atoms with Gasteiger partial charge in [0.25, 0.3) is 0 Å². The monoisotopic (exact) mass is 343 g/mol. The number of rotatable bonds is 6. The number of hydrogen-bond donors (Lipinski definition) is 1. The molecule has 24 heavy (non-hydrogen) atoms. The van der Waals surface area contributed by atoms with Gasteiger partial charge in [-0.2, -0.15) is 0 Å². The summed E-state index contributed by atoms with van der Waals surface area (Å²) in [6.07, 6.45) is 10.1. The van der Waals surface area contributed by atoms with Crippen molar-refractivity contribution in [2.75, 3.05) is 0 Å². The number of thiazole rings is 1. The van der Waals surface area contributed by atoms with Crippen LogP contribution in [0.15, 0.2) is 5.38 Å². The number of hydrogen-bond acceptors (Lipinski definition) is 5. The molecule has 6 heteroatoms. The van der Waals surface area contributed by atoms with E-state index in [1.807, 2.05) is 11.3 Å². The fraction of sp³-hybridized carbons (Fsp3) is 0.722. The van der Waals surface area contributed by atoms with Crippen LogP contribution in [0.5, 0.6) is 0 Å². The molecule has 3 fully saturated rings. The lowest BCUT2D eigenvalue weighted by Gasteiger charge is -2.28. The second-order valence-corrected chi connectivity index (χ2v) is 8.64. The van der Waals surface area contributed by atoms with E-state index in [9.17, 15) is 0 Å². The van der Waals surface area contributed by atoms with Crippen LogP contribution in [0.25, 0.3) is 0 Å². The molecule has 2 heterocycles. The average molecular weight is 344 g/mol. The van der Waals surface area contributed by atoms with Gasteiger partial charge in [0.1, 0.15) is 16.7 Å². The number of nitrogens with one attached hydrogen (secondary N) is 1. The van der Waals surface area contributed by atoms with Crippen LogP contribution in [0, 0.1) is 6.92 Å². The van der Waals surface area contributed by atoms with Crippen molar-refractivity contribution >= 4 is 11.3 Å². The summed E-state index contributed by atoms with van der Waals surface area (Å²) in [6.45, 7) is 2.91. The molecule has 0 atom stereocenters. The van der Waals surface area contributed by atoms with E-state index in [4.69, 9.17) is 4.98 Å². The van der Waals surface area contributed by atoms with Crippen molar-refractivity contribution in [1.29, 1.82) is 0 Å². The van der Waals surface area contributed by atoms with Crippen LogP contribution < -0.4 is 5.32 Å². The van der Waals surface area contributed by atoms with E-state index in [-0.39, 0.29) is 5.54 Å². The fourth-order valence-corrected chi connectivity index (χ4v) is 5.11. The standard InChI is InChI=1S/C18H25N5S/c1-12-11-24-17(20-12)18(8-2-3-9-18)19-10-15-21-22-16(13-4-5-13)23(15)14-6-7-14/h11,13-14,19H,2-10H2,1H3. The van der Waals surface area contributed by atoms with Gasteiger partial charge in [0, 0.05) is 23.0 Å². The minimum absolute atomic E-state index is 0.0546. The Bertz CT molecular complexity index is 734. The Morgan fingerprint density at radius 2 is 2.00 bits per heavy atom. The summed E-state index contributed by atoms with van der Waals surface area (Å²) in [5.41, 5.74) is 1.19. The van der Waals surface area contributed by atoms with Crippen molar-refractivity contribution in [3.8, 4) is 0 Å². The van der Waals surface area contributed by atoms with Crippen molar-refractivity contribution in [2.45, 2.75) is 82.3 Å². The van der Waals surface area contributed by atoms with E-state index in [1.54, 1.807) is 0 Å². The Kier molecular flexibility index (Phi) is 3.52. The van der Waals surface area contributed by atoms with E-state index in [1.165, 1.54) is 62.2 Å². The summed E-state index contributed by atoms with van der Waals surface area (Å²) in [7, 11) is 0. The molecule has 0 radical (unpaired) electrons. The van der Waals surface area contributed by atoms with Gasteiger partial charge < -0.3 is 4.57 Å². The quantitative estimate of drug-likeness (QED) is 0.866. The van der Waals surface area contributed by atoms with Crippen LogP contribution in [-0.4, -0.2) is 19.7 Å².